The Bertz CT molecular complexity index is 958. The van der Waals surface area contributed by atoms with Crippen LogP contribution in [0.4, 0.5) is 18.9 Å². The van der Waals surface area contributed by atoms with Gasteiger partial charge in [0, 0.05) is 36.4 Å². The minimum atomic E-state index is -4.49. The molecule has 3 nitrogen and oxygen atoms in total. The number of hydrogen-bond donors (Lipinski definition) is 1. The number of halogens is 3. The lowest BCUT2D eigenvalue weighted by Crippen LogP contribution is -2.13. The van der Waals surface area contributed by atoms with E-state index in [1.54, 1.807) is 18.2 Å². The summed E-state index contributed by atoms with van der Waals surface area (Å²) in [6.45, 7) is 0. The van der Waals surface area contributed by atoms with Gasteiger partial charge >= 0.3 is 6.18 Å². The Balaban J connectivity index is 2.23. The highest BCUT2D eigenvalue weighted by molar-refractivity contribution is 5.88. The zero-order valence-corrected chi connectivity index (χ0v) is 13.1. The summed E-state index contributed by atoms with van der Waals surface area (Å²) in [7, 11) is 3.70. The molecule has 1 heterocycles. The van der Waals surface area contributed by atoms with Crippen molar-refractivity contribution in [3.05, 3.63) is 64.4 Å². The molecular formula is C18H15F3N2O. The number of anilines is 1. The summed E-state index contributed by atoms with van der Waals surface area (Å²) in [5, 5.41) is 1.03. The Kier molecular flexibility index (Phi) is 3.83. The summed E-state index contributed by atoms with van der Waals surface area (Å²) in [5.41, 5.74) is -0.233. The van der Waals surface area contributed by atoms with E-state index in [1.807, 2.05) is 25.1 Å². The molecule has 6 heteroatoms. The average Bonchev–Trinajstić information content (AvgIpc) is 2.53. The van der Waals surface area contributed by atoms with Gasteiger partial charge in [-0.2, -0.15) is 13.2 Å². The number of benzene rings is 2. The van der Waals surface area contributed by atoms with Gasteiger partial charge in [-0.05, 0) is 29.7 Å². The molecule has 2 aromatic carbocycles. The van der Waals surface area contributed by atoms with Crippen molar-refractivity contribution in [3.8, 4) is 11.3 Å². The zero-order chi connectivity index (χ0) is 17.5. The first-order valence-electron chi connectivity index (χ1n) is 7.28. The van der Waals surface area contributed by atoms with Crippen molar-refractivity contribution in [2.24, 2.45) is 0 Å². The van der Waals surface area contributed by atoms with Gasteiger partial charge in [0.15, 0.2) is 0 Å². The van der Waals surface area contributed by atoms with E-state index >= 15 is 0 Å². The van der Waals surface area contributed by atoms with Crippen molar-refractivity contribution in [2.45, 2.75) is 6.18 Å². The second-order valence-corrected chi connectivity index (χ2v) is 5.72. The summed E-state index contributed by atoms with van der Waals surface area (Å²) < 4.78 is 39.6. The van der Waals surface area contributed by atoms with E-state index in [1.165, 1.54) is 18.2 Å². The van der Waals surface area contributed by atoms with Crippen molar-refractivity contribution in [3.63, 3.8) is 0 Å². The number of H-pyrrole nitrogens is 1. The first-order valence-corrected chi connectivity index (χ1v) is 7.28. The smallest absolute Gasteiger partial charge is 0.378 e. The molecule has 0 atom stereocenters. The third-order valence-corrected chi connectivity index (χ3v) is 3.87. The zero-order valence-electron chi connectivity index (χ0n) is 13.1. The molecule has 0 saturated heterocycles. The number of rotatable bonds is 2. The second kappa shape index (κ2) is 5.70. The SMILES string of the molecule is CN(C)c1ccc2cc(-c3ccccc3C(F)(F)F)[nH]c(=O)c2c1. The van der Waals surface area contributed by atoms with Gasteiger partial charge in [-0.1, -0.05) is 24.3 Å². The van der Waals surface area contributed by atoms with Crippen LogP contribution in [0.15, 0.2) is 53.3 Å². The van der Waals surface area contributed by atoms with Crippen LogP contribution in [0, 0.1) is 0 Å². The van der Waals surface area contributed by atoms with E-state index in [2.05, 4.69) is 4.98 Å². The summed E-state index contributed by atoms with van der Waals surface area (Å²) in [5.74, 6) is 0. The van der Waals surface area contributed by atoms with Crippen LogP contribution in [0.2, 0.25) is 0 Å². The monoisotopic (exact) mass is 332 g/mol. The molecule has 1 N–H and O–H groups in total. The maximum Gasteiger partial charge on any atom is 0.417 e. The van der Waals surface area contributed by atoms with E-state index in [-0.39, 0.29) is 11.3 Å². The molecule has 0 saturated carbocycles. The van der Waals surface area contributed by atoms with E-state index in [4.69, 9.17) is 0 Å². The topological polar surface area (TPSA) is 36.1 Å². The summed E-state index contributed by atoms with van der Waals surface area (Å²) in [4.78, 5) is 16.8. The standard InChI is InChI=1S/C18H15F3N2O/c1-23(2)12-8-7-11-9-16(22-17(24)14(11)10-12)13-5-3-4-6-15(13)18(19,20)21/h3-10H,1-2H3,(H,22,24). The van der Waals surface area contributed by atoms with E-state index in [9.17, 15) is 18.0 Å². The second-order valence-electron chi connectivity index (χ2n) is 5.72. The molecule has 0 spiro atoms. The Labute approximate surface area is 136 Å². The number of pyridine rings is 1. The average molecular weight is 332 g/mol. The number of nitrogens with one attached hydrogen (secondary N) is 1. The summed E-state index contributed by atoms with van der Waals surface area (Å²) in [6, 6.07) is 12.0. The van der Waals surface area contributed by atoms with Crippen molar-refractivity contribution < 1.29 is 13.2 Å². The Morgan fingerprint density at radius 2 is 1.71 bits per heavy atom. The van der Waals surface area contributed by atoms with Crippen LogP contribution < -0.4 is 10.5 Å². The van der Waals surface area contributed by atoms with Crippen LogP contribution in [0.5, 0.6) is 0 Å². The van der Waals surface area contributed by atoms with Gasteiger partial charge in [-0.3, -0.25) is 4.79 Å². The largest absolute Gasteiger partial charge is 0.417 e. The maximum atomic E-state index is 13.2. The van der Waals surface area contributed by atoms with Crippen LogP contribution in [-0.2, 0) is 6.18 Å². The third-order valence-electron chi connectivity index (χ3n) is 3.87. The van der Waals surface area contributed by atoms with Gasteiger partial charge in [0.2, 0.25) is 0 Å². The van der Waals surface area contributed by atoms with Crippen molar-refractivity contribution in [1.29, 1.82) is 0 Å². The Morgan fingerprint density at radius 3 is 2.38 bits per heavy atom. The van der Waals surface area contributed by atoms with Crippen LogP contribution in [0.1, 0.15) is 5.56 Å². The fourth-order valence-corrected chi connectivity index (χ4v) is 2.64. The molecule has 0 unspecified atom stereocenters. The molecule has 0 amide bonds. The van der Waals surface area contributed by atoms with Gasteiger partial charge in [0.05, 0.1) is 5.56 Å². The first-order chi connectivity index (χ1) is 11.3. The fraction of sp³-hybridized carbons (Fsp3) is 0.167. The lowest BCUT2D eigenvalue weighted by Gasteiger charge is -2.15. The van der Waals surface area contributed by atoms with Crippen LogP contribution in [0.3, 0.4) is 0 Å². The normalized spacial score (nSPS) is 11.7. The Morgan fingerprint density at radius 1 is 1.00 bits per heavy atom. The van der Waals surface area contributed by atoms with Crippen molar-refractivity contribution >= 4 is 16.5 Å². The lowest BCUT2D eigenvalue weighted by molar-refractivity contribution is -0.137. The molecule has 3 rings (SSSR count). The molecule has 0 bridgehead atoms. The van der Waals surface area contributed by atoms with E-state index < -0.39 is 17.3 Å². The molecule has 124 valence electrons. The maximum absolute atomic E-state index is 13.2. The quantitative estimate of drug-likeness (QED) is 0.760. The number of aromatic nitrogens is 1. The van der Waals surface area contributed by atoms with Crippen LogP contribution in [-0.4, -0.2) is 19.1 Å². The molecule has 3 aromatic rings. The Hall–Kier alpha value is -2.76. The number of hydrogen-bond acceptors (Lipinski definition) is 2. The van der Waals surface area contributed by atoms with E-state index in [0.29, 0.717) is 10.8 Å². The van der Waals surface area contributed by atoms with Gasteiger partial charge in [-0.15, -0.1) is 0 Å². The molecule has 0 aliphatic carbocycles. The molecule has 24 heavy (non-hydrogen) atoms. The molecular weight excluding hydrogens is 317 g/mol. The van der Waals surface area contributed by atoms with Crippen LogP contribution in [0.25, 0.3) is 22.0 Å². The highest BCUT2D eigenvalue weighted by Gasteiger charge is 2.33. The number of fused-ring (bicyclic) bond motifs is 1. The molecule has 0 aliphatic rings. The van der Waals surface area contributed by atoms with Gasteiger partial charge in [-0.25, -0.2) is 0 Å². The minimum absolute atomic E-state index is 0.0410. The number of alkyl halides is 3. The minimum Gasteiger partial charge on any atom is -0.378 e. The van der Waals surface area contributed by atoms with Crippen molar-refractivity contribution in [1.82, 2.24) is 4.98 Å². The highest BCUT2D eigenvalue weighted by Crippen LogP contribution is 2.36. The van der Waals surface area contributed by atoms with Gasteiger partial charge in [0.25, 0.3) is 5.56 Å². The lowest BCUT2D eigenvalue weighted by atomic mass is 10.0. The fourth-order valence-electron chi connectivity index (χ4n) is 2.64. The highest BCUT2D eigenvalue weighted by atomic mass is 19.4. The van der Waals surface area contributed by atoms with Gasteiger partial charge in [0.1, 0.15) is 0 Å². The predicted octanol–water partition coefficient (Wildman–Crippen LogP) is 4.28. The first kappa shape index (κ1) is 16.1. The molecule has 0 fully saturated rings. The number of aromatic amines is 1. The molecule has 0 aliphatic heterocycles. The number of nitrogens with zero attached hydrogens (tertiary/aromatic N) is 1. The van der Waals surface area contributed by atoms with E-state index in [0.717, 1.165) is 11.8 Å². The third kappa shape index (κ3) is 2.87. The summed E-state index contributed by atoms with van der Waals surface area (Å²) in [6.07, 6.45) is -4.49. The molecule has 1 aromatic heterocycles. The summed E-state index contributed by atoms with van der Waals surface area (Å²) >= 11 is 0. The van der Waals surface area contributed by atoms with Crippen LogP contribution >= 0.6 is 0 Å². The predicted molar refractivity (Wildman–Crippen MR) is 89.3 cm³/mol. The van der Waals surface area contributed by atoms with Crippen molar-refractivity contribution in [2.75, 3.05) is 19.0 Å². The van der Waals surface area contributed by atoms with Gasteiger partial charge < -0.3 is 9.88 Å². The molecule has 0 radical (unpaired) electrons.